The average Bonchev–Trinajstić information content (AvgIpc) is 2.37. The summed E-state index contributed by atoms with van der Waals surface area (Å²) in [6.45, 7) is 4.73. The first-order valence-corrected chi connectivity index (χ1v) is 6.80. The van der Waals surface area contributed by atoms with Crippen molar-refractivity contribution in [1.82, 2.24) is 10.2 Å². The summed E-state index contributed by atoms with van der Waals surface area (Å²) >= 11 is 3.11. The Labute approximate surface area is 120 Å². The lowest BCUT2D eigenvalue weighted by Gasteiger charge is -2.18. The third-order valence-electron chi connectivity index (χ3n) is 2.71. The Morgan fingerprint density at radius 3 is 2.47 bits per heavy atom. The minimum absolute atomic E-state index is 0.0881. The van der Waals surface area contributed by atoms with Crippen LogP contribution in [0.4, 0.5) is 4.39 Å². The van der Waals surface area contributed by atoms with Crippen molar-refractivity contribution < 1.29 is 14.0 Å². The van der Waals surface area contributed by atoms with E-state index in [1.165, 1.54) is 12.1 Å². The van der Waals surface area contributed by atoms with E-state index in [1.54, 1.807) is 11.0 Å². The van der Waals surface area contributed by atoms with Crippen LogP contribution in [0, 0.1) is 5.82 Å². The number of halogens is 2. The molecule has 1 rings (SSSR count). The van der Waals surface area contributed by atoms with Crippen molar-refractivity contribution in [3.63, 3.8) is 0 Å². The summed E-state index contributed by atoms with van der Waals surface area (Å²) in [5.41, 5.74) is -0.0881. The van der Waals surface area contributed by atoms with Gasteiger partial charge in [0.2, 0.25) is 5.91 Å². The van der Waals surface area contributed by atoms with Crippen LogP contribution in [-0.2, 0) is 4.79 Å². The van der Waals surface area contributed by atoms with Crippen molar-refractivity contribution >= 4 is 27.7 Å². The second kappa shape index (κ2) is 7.23. The van der Waals surface area contributed by atoms with Crippen molar-refractivity contribution in [3.8, 4) is 0 Å². The topological polar surface area (TPSA) is 49.4 Å². The zero-order valence-electron chi connectivity index (χ0n) is 10.9. The maximum atomic E-state index is 13.5. The highest BCUT2D eigenvalue weighted by atomic mass is 79.9. The van der Waals surface area contributed by atoms with Gasteiger partial charge >= 0.3 is 0 Å². The minimum Gasteiger partial charge on any atom is -0.343 e. The van der Waals surface area contributed by atoms with Gasteiger partial charge < -0.3 is 10.2 Å². The molecule has 2 amide bonds. The first-order valence-electron chi connectivity index (χ1n) is 6.01. The van der Waals surface area contributed by atoms with E-state index >= 15 is 0 Å². The van der Waals surface area contributed by atoms with Crippen LogP contribution in [0.5, 0.6) is 0 Å². The number of hydrogen-bond donors (Lipinski definition) is 1. The molecule has 0 radical (unpaired) electrons. The maximum Gasteiger partial charge on any atom is 0.255 e. The van der Waals surface area contributed by atoms with Crippen LogP contribution in [0.1, 0.15) is 24.2 Å². The molecule has 0 aliphatic heterocycles. The SMILES string of the molecule is CCN(CC)C(=O)CNC(=O)c1c(F)cccc1Br. The van der Waals surface area contributed by atoms with E-state index in [4.69, 9.17) is 0 Å². The van der Waals surface area contributed by atoms with Gasteiger partial charge in [0, 0.05) is 17.6 Å². The van der Waals surface area contributed by atoms with Gasteiger partial charge in [-0.2, -0.15) is 0 Å². The van der Waals surface area contributed by atoms with Gasteiger partial charge in [-0.25, -0.2) is 4.39 Å². The fraction of sp³-hybridized carbons (Fsp3) is 0.385. The maximum absolute atomic E-state index is 13.5. The number of likely N-dealkylation sites (N-methyl/N-ethyl adjacent to an activating group) is 1. The number of hydrogen-bond acceptors (Lipinski definition) is 2. The quantitative estimate of drug-likeness (QED) is 0.899. The summed E-state index contributed by atoms with van der Waals surface area (Å²) in [5, 5.41) is 2.43. The number of rotatable bonds is 5. The molecule has 0 atom stereocenters. The molecule has 104 valence electrons. The highest BCUT2D eigenvalue weighted by Gasteiger charge is 2.17. The first-order chi connectivity index (χ1) is 9.01. The Hall–Kier alpha value is -1.43. The zero-order chi connectivity index (χ0) is 14.4. The van der Waals surface area contributed by atoms with E-state index in [9.17, 15) is 14.0 Å². The van der Waals surface area contributed by atoms with Crippen molar-refractivity contribution in [3.05, 3.63) is 34.1 Å². The summed E-state index contributed by atoms with van der Waals surface area (Å²) in [7, 11) is 0. The number of nitrogens with one attached hydrogen (secondary N) is 1. The van der Waals surface area contributed by atoms with Crippen LogP contribution in [0.3, 0.4) is 0 Å². The van der Waals surface area contributed by atoms with Gasteiger partial charge in [-0.05, 0) is 41.9 Å². The molecule has 0 spiro atoms. The highest BCUT2D eigenvalue weighted by Crippen LogP contribution is 2.19. The summed E-state index contributed by atoms with van der Waals surface area (Å²) in [5.74, 6) is -1.42. The second-order valence-corrected chi connectivity index (χ2v) is 4.70. The predicted molar refractivity (Wildman–Crippen MR) is 74.4 cm³/mol. The van der Waals surface area contributed by atoms with Crippen LogP contribution in [0.25, 0.3) is 0 Å². The number of nitrogens with zero attached hydrogens (tertiary/aromatic N) is 1. The molecule has 0 aliphatic rings. The van der Waals surface area contributed by atoms with Crippen LogP contribution in [-0.4, -0.2) is 36.3 Å². The summed E-state index contributed by atoms with van der Waals surface area (Å²) in [4.78, 5) is 25.1. The number of carbonyl (C=O) groups excluding carboxylic acids is 2. The van der Waals surface area contributed by atoms with E-state index in [0.29, 0.717) is 17.6 Å². The lowest BCUT2D eigenvalue weighted by molar-refractivity contribution is -0.129. The van der Waals surface area contributed by atoms with Gasteiger partial charge in [-0.1, -0.05) is 6.07 Å². The van der Waals surface area contributed by atoms with Gasteiger partial charge in [0.1, 0.15) is 5.82 Å². The van der Waals surface area contributed by atoms with Gasteiger partial charge in [-0.3, -0.25) is 9.59 Å². The summed E-state index contributed by atoms with van der Waals surface area (Å²) < 4.78 is 13.9. The lowest BCUT2D eigenvalue weighted by atomic mass is 10.2. The molecule has 4 nitrogen and oxygen atoms in total. The molecule has 0 saturated heterocycles. The molecule has 19 heavy (non-hydrogen) atoms. The molecular formula is C13H16BrFN2O2. The molecule has 0 fully saturated rings. The number of benzene rings is 1. The lowest BCUT2D eigenvalue weighted by Crippen LogP contribution is -2.40. The largest absolute Gasteiger partial charge is 0.343 e. The first kappa shape index (κ1) is 15.6. The van der Waals surface area contributed by atoms with Crippen LogP contribution >= 0.6 is 15.9 Å². The molecule has 0 unspecified atom stereocenters. The van der Waals surface area contributed by atoms with E-state index < -0.39 is 11.7 Å². The van der Waals surface area contributed by atoms with E-state index in [2.05, 4.69) is 21.2 Å². The van der Waals surface area contributed by atoms with E-state index in [0.717, 1.165) is 0 Å². The fourth-order valence-electron chi connectivity index (χ4n) is 1.65. The minimum atomic E-state index is -0.623. The Kier molecular flexibility index (Phi) is 5.95. The number of carbonyl (C=O) groups is 2. The van der Waals surface area contributed by atoms with E-state index in [-0.39, 0.29) is 18.0 Å². The van der Waals surface area contributed by atoms with Crippen LogP contribution in [0.15, 0.2) is 22.7 Å². The molecule has 1 N–H and O–H groups in total. The Balaban J connectivity index is 2.69. The predicted octanol–water partition coefficient (Wildman–Crippen LogP) is 2.19. The molecular weight excluding hydrogens is 315 g/mol. The molecule has 1 aromatic carbocycles. The standard InChI is InChI=1S/C13H16BrFN2O2/c1-3-17(4-2)11(18)8-16-13(19)12-9(14)6-5-7-10(12)15/h5-7H,3-4,8H2,1-2H3,(H,16,19). The molecule has 0 bridgehead atoms. The van der Waals surface area contributed by atoms with Crippen molar-refractivity contribution in [2.45, 2.75) is 13.8 Å². The average molecular weight is 331 g/mol. The smallest absolute Gasteiger partial charge is 0.255 e. The molecule has 1 aromatic rings. The van der Waals surface area contributed by atoms with Gasteiger partial charge in [0.05, 0.1) is 12.1 Å². The van der Waals surface area contributed by atoms with Gasteiger partial charge in [0.15, 0.2) is 0 Å². The second-order valence-electron chi connectivity index (χ2n) is 3.85. The van der Waals surface area contributed by atoms with Crippen molar-refractivity contribution in [2.75, 3.05) is 19.6 Å². The normalized spacial score (nSPS) is 10.1. The Bertz CT molecular complexity index is 455. The zero-order valence-corrected chi connectivity index (χ0v) is 12.5. The summed E-state index contributed by atoms with van der Waals surface area (Å²) in [6.07, 6.45) is 0. The van der Waals surface area contributed by atoms with Crippen molar-refractivity contribution in [2.24, 2.45) is 0 Å². The number of amides is 2. The molecule has 0 aliphatic carbocycles. The van der Waals surface area contributed by atoms with Gasteiger partial charge in [-0.15, -0.1) is 0 Å². The third-order valence-corrected chi connectivity index (χ3v) is 3.37. The molecule has 0 aromatic heterocycles. The van der Waals surface area contributed by atoms with Crippen LogP contribution in [0.2, 0.25) is 0 Å². The third kappa shape index (κ3) is 4.02. The molecule has 0 saturated carbocycles. The molecule has 6 heteroatoms. The highest BCUT2D eigenvalue weighted by molar-refractivity contribution is 9.10. The van der Waals surface area contributed by atoms with Crippen molar-refractivity contribution in [1.29, 1.82) is 0 Å². The Morgan fingerprint density at radius 2 is 1.95 bits per heavy atom. The fourth-order valence-corrected chi connectivity index (χ4v) is 2.17. The van der Waals surface area contributed by atoms with E-state index in [1.807, 2.05) is 13.8 Å². The Morgan fingerprint density at radius 1 is 1.32 bits per heavy atom. The monoisotopic (exact) mass is 330 g/mol. The van der Waals surface area contributed by atoms with Gasteiger partial charge in [0.25, 0.3) is 5.91 Å². The summed E-state index contributed by atoms with van der Waals surface area (Å²) in [6, 6.07) is 4.27. The molecule has 0 heterocycles. The van der Waals surface area contributed by atoms with Crippen LogP contribution < -0.4 is 5.32 Å².